The lowest BCUT2D eigenvalue weighted by Crippen LogP contribution is -2.38. The van der Waals surface area contributed by atoms with Crippen molar-refractivity contribution in [3.63, 3.8) is 0 Å². The van der Waals surface area contributed by atoms with Crippen molar-refractivity contribution < 1.29 is 0 Å². The Morgan fingerprint density at radius 2 is 1.46 bits per heavy atom. The van der Waals surface area contributed by atoms with Gasteiger partial charge in [-0.15, -0.1) is 0 Å². The molecule has 0 aliphatic heterocycles. The molecule has 0 aromatic carbocycles. The molecule has 0 heterocycles. The molecule has 0 saturated carbocycles. The average Bonchev–Trinajstić information content (AvgIpc) is 2.45. The molecule has 0 fully saturated rings. The van der Waals surface area contributed by atoms with Gasteiger partial charge in [0, 0.05) is 12.1 Å². The lowest BCUT2D eigenvalue weighted by atomic mass is 9.61. The largest absolute Gasteiger partial charge is 0.326 e. The Morgan fingerprint density at radius 1 is 0.929 bits per heavy atom. The van der Waals surface area contributed by atoms with Crippen molar-refractivity contribution in [2.45, 2.75) is 120 Å². The topological polar surface area (TPSA) is 29.3 Å². The van der Waals surface area contributed by atoms with E-state index in [0.717, 1.165) is 18.9 Å². The van der Waals surface area contributed by atoms with Crippen LogP contribution in [0.1, 0.15) is 114 Å². The summed E-state index contributed by atoms with van der Waals surface area (Å²) in [5.74, 6) is 1.46. The predicted molar refractivity (Wildman–Crippen MR) is 132 cm³/mol. The van der Waals surface area contributed by atoms with E-state index >= 15 is 0 Å². The number of rotatable bonds is 13. The molecule has 0 bridgehead atoms. The Balaban J connectivity index is 5.53. The van der Waals surface area contributed by atoms with Crippen LogP contribution in [0, 0.1) is 28.1 Å². The molecule has 0 radical (unpaired) electrons. The van der Waals surface area contributed by atoms with E-state index in [4.69, 9.17) is 5.73 Å². The molecular weight excluding hydrogens is 360 g/mol. The van der Waals surface area contributed by atoms with Crippen LogP contribution < -0.4 is 5.73 Å². The SMILES string of the molecule is CCC(CC(CCC(C)(C)CC(C)(C)N)C(C)(CC)CC(C)(C)C)CN(C)S. The van der Waals surface area contributed by atoms with Crippen LogP contribution in [-0.4, -0.2) is 23.4 Å². The van der Waals surface area contributed by atoms with Gasteiger partial charge in [-0.1, -0.05) is 81.0 Å². The molecule has 3 atom stereocenters. The second-order valence-corrected chi connectivity index (χ2v) is 13.3. The average molecular weight is 415 g/mol. The zero-order chi connectivity index (χ0) is 22.4. The molecule has 2 nitrogen and oxygen atoms in total. The first-order chi connectivity index (χ1) is 12.4. The summed E-state index contributed by atoms with van der Waals surface area (Å²) in [6.07, 6.45) is 8.72. The Bertz CT molecular complexity index is 431. The summed E-state index contributed by atoms with van der Waals surface area (Å²) in [6.45, 7) is 24.7. The van der Waals surface area contributed by atoms with Crippen molar-refractivity contribution in [1.29, 1.82) is 0 Å². The number of nitrogens with two attached hydrogens (primary N) is 1. The lowest BCUT2D eigenvalue weighted by molar-refractivity contribution is 0.0640. The maximum atomic E-state index is 6.37. The van der Waals surface area contributed by atoms with Gasteiger partial charge in [0.2, 0.25) is 0 Å². The summed E-state index contributed by atoms with van der Waals surface area (Å²) in [5, 5.41) is 0. The summed E-state index contributed by atoms with van der Waals surface area (Å²) in [4.78, 5) is 0. The molecule has 0 aliphatic carbocycles. The van der Waals surface area contributed by atoms with E-state index in [9.17, 15) is 0 Å². The first-order valence-electron chi connectivity index (χ1n) is 11.6. The normalized spacial score (nSPS) is 18.2. The Kier molecular flexibility index (Phi) is 11.2. The van der Waals surface area contributed by atoms with Crippen molar-refractivity contribution in [3.8, 4) is 0 Å². The maximum Gasteiger partial charge on any atom is 0.0112 e. The summed E-state index contributed by atoms with van der Waals surface area (Å²) < 4.78 is 2.07. The highest BCUT2D eigenvalue weighted by molar-refractivity contribution is 7.77. The quantitative estimate of drug-likeness (QED) is 0.304. The van der Waals surface area contributed by atoms with Crippen LogP contribution in [0.3, 0.4) is 0 Å². The molecule has 28 heavy (non-hydrogen) atoms. The molecule has 0 aliphatic rings. The van der Waals surface area contributed by atoms with Crippen LogP contribution in [0.2, 0.25) is 0 Å². The number of hydrogen-bond donors (Lipinski definition) is 2. The highest BCUT2D eigenvalue weighted by Crippen LogP contribution is 2.48. The third kappa shape index (κ3) is 12.1. The molecule has 0 amide bonds. The minimum Gasteiger partial charge on any atom is -0.326 e. The summed E-state index contributed by atoms with van der Waals surface area (Å²) in [7, 11) is 2.08. The van der Waals surface area contributed by atoms with E-state index < -0.39 is 0 Å². The molecule has 2 N–H and O–H groups in total. The number of hydrogen-bond acceptors (Lipinski definition) is 3. The van der Waals surface area contributed by atoms with Crippen LogP contribution in [0.25, 0.3) is 0 Å². The van der Waals surface area contributed by atoms with Crippen molar-refractivity contribution in [1.82, 2.24) is 4.31 Å². The Labute approximate surface area is 184 Å². The first kappa shape index (κ1) is 28.3. The molecule has 170 valence electrons. The molecule has 0 aromatic rings. The second kappa shape index (κ2) is 11.0. The molecule has 0 aromatic heterocycles. The van der Waals surface area contributed by atoms with E-state index in [0.29, 0.717) is 16.7 Å². The molecule has 3 heteroatoms. The molecule has 0 spiro atoms. The van der Waals surface area contributed by atoms with Gasteiger partial charge in [-0.2, -0.15) is 0 Å². The van der Waals surface area contributed by atoms with Gasteiger partial charge in [-0.25, -0.2) is 0 Å². The van der Waals surface area contributed by atoms with Crippen molar-refractivity contribution in [3.05, 3.63) is 0 Å². The van der Waals surface area contributed by atoms with Crippen LogP contribution in [0.5, 0.6) is 0 Å². The maximum absolute atomic E-state index is 6.37. The van der Waals surface area contributed by atoms with Gasteiger partial charge in [0.05, 0.1) is 0 Å². The lowest BCUT2D eigenvalue weighted by Gasteiger charge is -2.44. The van der Waals surface area contributed by atoms with Crippen LogP contribution >= 0.6 is 12.8 Å². The smallest absolute Gasteiger partial charge is 0.0112 e. The highest BCUT2D eigenvalue weighted by Gasteiger charge is 2.38. The molecule has 0 rings (SSSR count). The van der Waals surface area contributed by atoms with E-state index in [-0.39, 0.29) is 11.0 Å². The summed E-state index contributed by atoms with van der Waals surface area (Å²) in [6, 6.07) is 0. The summed E-state index contributed by atoms with van der Waals surface area (Å²) in [5.41, 5.74) is 7.30. The van der Waals surface area contributed by atoms with Gasteiger partial charge in [-0.3, -0.25) is 4.31 Å². The fourth-order valence-electron chi connectivity index (χ4n) is 5.55. The second-order valence-electron chi connectivity index (χ2n) is 12.7. The Morgan fingerprint density at radius 3 is 1.82 bits per heavy atom. The van der Waals surface area contributed by atoms with E-state index in [2.05, 4.69) is 93.4 Å². The fourth-order valence-corrected chi connectivity index (χ4v) is 5.78. The van der Waals surface area contributed by atoms with Crippen LogP contribution in [-0.2, 0) is 0 Å². The zero-order valence-electron chi connectivity index (χ0n) is 21.3. The predicted octanol–water partition coefficient (Wildman–Crippen LogP) is 7.58. The van der Waals surface area contributed by atoms with Gasteiger partial charge < -0.3 is 5.73 Å². The van der Waals surface area contributed by atoms with Crippen LogP contribution in [0.4, 0.5) is 0 Å². The summed E-state index contributed by atoms with van der Waals surface area (Å²) >= 11 is 4.54. The standard InChI is InChI=1S/C25H54N2S/c1-12-20(17-27(11)28)16-21(25(10,13-2)18-22(3,4)5)14-15-23(6,7)19-24(8,9)26/h20-21,28H,12-19,26H2,1-11H3. The first-order valence-corrected chi connectivity index (χ1v) is 12.0. The van der Waals surface area contributed by atoms with E-state index in [1.54, 1.807) is 0 Å². The van der Waals surface area contributed by atoms with Crippen LogP contribution in [0.15, 0.2) is 0 Å². The van der Waals surface area contributed by atoms with Crippen molar-refractivity contribution in [2.75, 3.05) is 13.6 Å². The number of nitrogens with zero attached hydrogens (tertiary/aromatic N) is 1. The molecular formula is C25H54N2S. The van der Waals surface area contributed by atoms with Gasteiger partial charge in [-0.05, 0) is 81.1 Å². The fraction of sp³-hybridized carbons (Fsp3) is 1.00. The van der Waals surface area contributed by atoms with Gasteiger partial charge in [0.25, 0.3) is 0 Å². The minimum absolute atomic E-state index is 0.0981. The van der Waals surface area contributed by atoms with Gasteiger partial charge in [0.15, 0.2) is 0 Å². The Hall–Kier alpha value is 0.270. The molecule has 0 saturated heterocycles. The minimum atomic E-state index is -0.0981. The van der Waals surface area contributed by atoms with Crippen molar-refractivity contribution in [2.24, 2.45) is 33.8 Å². The van der Waals surface area contributed by atoms with Gasteiger partial charge >= 0.3 is 0 Å². The van der Waals surface area contributed by atoms with Crippen molar-refractivity contribution >= 4 is 12.8 Å². The monoisotopic (exact) mass is 414 g/mol. The highest BCUT2D eigenvalue weighted by atomic mass is 32.1. The number of thiol groups is 1. The van der Waals surface area contributed by atoms with Gasteiger partial charge in [0.1, 0.15) is 0 Å². The third-order valence-electron chi connectivity index (χ3n) is 6.55. The zero-order valence-corrected chi connectivity index (χ0v) is 22.2. The van der Waals surface area contributed by atoms with E-state index in [1.807, 2.05) is 0 Å². The third-order valence-corrected chi connectivity index (χ3v) is 6.71. The van der Waals surface area contributed by atoms with E-state index in [1.165, 1.54) is 38.5 Å². The molecule has 3 unspecified atom stereocenters.